The average molecular weight is 489 g/mol. The number of nitrogen functional groups attached to an aromatic ring is 1. The van der Waals surface area contributed by atoms with Crippen LogP contribution in [0.3, 0.4) is 0 Å². The van der Waals surface area contributed by atoms with Crippen molar-refractivity contribution in [3.8, 4) is 16.9 Å². The molecule has 0 bridgehead atoms. The third-order valence-corrected chi connectivity index (χ3v) is 7.02. The number of carbonyl (C=O) groups is 1. The molecule has 2 N–H and O–H groups in total. The summed E-state index contributed by atoms with van der Waals surface area (Å²) in [6.45, 7) is 7.67. The van der Waals surface area contributed by atoms with Gasteiger partial charge in [0.25, 0.3) is 0 Å². The second kappa shape index (κ2) is 10.0. The van der Waals surface area contributed by atoms with Crippen LogP contribution in [0.5, 0.6) is 5.75 Å². The molecule has 1 aliphatic heterocycles. The van der Waals surface area contributed by atoms with Crippen LogP contribution in [0, 0.1) is 6.92 Å². The first kappa shape index (κ1) is 23.3. The number of aromatic nitrogens is 2. The highest BCUT2D eigenvalue weighted by molar-refractivity contribution is 7.21. The van der Waals surface area contributed by atoms with E-state index in [2.05, 4.69) is 20.9 Å². The summed E-state index contributed by atoms with van der Waals surface area (Å²) in [4.78, 5) is 25.3. The van der Waals surface area contributed by atoms with Crippen molar-refractivity contribution in [3.05, 3.63) is 65.4 Å². The Hall–Kier alpha value is -3.49. The molecule has 0 aliphatic carbocycles. The number of Topliss-reactive ketones (excluding diaryl/α,β-unsaturated/α-hetero) is 1. The lowest BCUT2D eigenvalue weighted by Crippen LogP contribution is -2.36. The molecule has 0 spiro atoms. The number of rotatable bonds is 7. The molecule has 8 heteroatoms. The van der Waals surface area contributed by atoms with Gasteiger partial charge < -0.3 is 20.1 Å². The highest BCUT2D eigenvalue weighted by Gasteiger charge is 2.17. The highest BCUT2D eigenvalue weighted by atomic mass is 32.1. The summed E-state index contributed by atoms with van der Waals surface area (Å²) < 4.78 is 11.4. The van der Waals surface area contributed by atoms with E-state index in [1.165, 1.54) is 11.3 Å². The van der Waals surface area contributed by atoms with Crippen molar-refractivity contribution in [2.24, 2.45) is 0 Å². The normalized spacial score (nSPS) is 13.8. The van der Waals surface area contributed by atoms with Crippen molar-refractivity contribution >= 4 is 38.3 Å². The molecule has 0 radical (unpaired) electrons. The summed E-state index contributed by atoms with van der Waals surface area (Å²) in [6.07, 6.45) is 2.08. The number of hydrogen-bond donors (Lipinski definition) is 1. The maximum atomic E-state index is 13.3. The zero-order valence-electron chi connectivity index (χ0n) is 19.9. The minimum Gasteiger partial charge on any atom is -0.494 e. The van der Waals surface area contributed by atoms with Gasteiger partial charge in [-0.05, 0) is 43.2 Å². The third kappa shape index (κ3) is 4.99. The molecule has 4 aromatic rings. The quantitative estimate of drug-likeness (QED) is 0.370. The maximum Gasteiger partial charge on any atom is 0.182 e. The number of pyridine rings is 1. The minimum atomic E-state index is 0.0401. The average Bonchev–Trinajstić information content (AvgIpc) is 3.25. The SMILES string of the molecule is CCOc1cc(N2CCOCC2)ccc1CC(=O)c1ccc(C)c(-c2cnc3sc(N)nc3c2)c1. The molecule has 1 aliphatic rings. The predicted molar refractivity (Wildman–Crippen MR) is 141 cm³/mol. The van der Waals surface area contributed by atoms with E-state index in [-0.39, 0.29) is 12.2 Å². The fraction of sp³-hybridized carbons (Fsp3) is 0.296. The van der Waals surface area contributed by atoms with Crippen LogP contribution in [0.4, 0.5) is 10.8 Å². The fourth-order valence-electron chi connectivity index (χ4n) is 4.37. The van der Waals surface area contributed by atoms with E-state index in [0.29, 0.717) is 17.3 Å². The first-order valence-corrected chi connectivity index (χ1v) is 12.6. The van der Waals surface area contributed by atoms with Crippen LogP contribution in [0.25, 0.3) is 21.5 Å². The Labute approximate surface area is 208 Å². The van der Waals surface area contributed by atoms with Gasteiger partial charge in [0.1, 0.15) is 16.1 Å². The number of ketones is 1. The molecule has 5 rings (SSSR count). The topological polar surface area (TPSA) is 90.6 Å². The molecular formula is C27H28N4O3S. The second-order valence-corrected chi connectivity index (χ2v) is 9.56. The van der Waals surface area contributed by atoms with Crippen molar-refractivity contribution in [2.45, 2.75) is 20.3 Å². The van der Waals surface area contributed by atoms with E-state index in [1.54, 1.807) is 0 Å². The number of nitrogens with zero attached hydrogens (tertiary/aromatic N) is 3. The molecule has 0 saturated carbocycles. The van der Waals surface area contributed by atoms with Gasteiger partial charge in [0, 0.05) is 54.2 Å². The summed E-state index contributed by atoms with van der Waals surface area (Å²) >= 11 is 1.37. The third-order valence-electron chi connectivity index (χ3n) is 6.21. The lowest BCUT2D eigenvalue weighted by Gasteiger charge is -2.29. The van der Waals surface area contributed by atoms with Crippen LogP contribution >= 0.6 is 11.3 Å². The van der Waals surface area contributed by atoms with Gasteiger partial charge in [-0.3, -0.25) is 4.79 Å². The highest BCUT2D eigenvalue weighted by Crippen LogP contribution is 2.31. The number of thiazole rings is 1. The summed E-state index contributed by atoms with van der Waals surface area (Å²) in [5.74, 6) is 0.797. The van der Waals surface area contributed by atoms with Crippen molar-refractivity contribution in [1.82, 2.24) is 9.97 Å². The van der Waals surface area contributed by atoms with Gasteiger partial charge in [-0.2, -0.15) is 0 Å². The first-order chi connectivity index (χ1) is 17.0. The summed E-state index contributed by atoms with van der Waals surface area (Å²) in [6, 6.07) is 13.9. The number of aryl methyl sites for hydroxylation is 1. The van der Waals surface area contributed by atoms with Crippen LogP contribution in [0.15, 0.2) is 48.7 Å². The summed E-state index contributed by atoms with van der Waals surface area (Å²) in [5, 5.41) is 0.495. The Morgan fingerprint density at radius 1 is 1.17 bits per heavy atom. The molecule has 2 aromatic heterocycles. The van der Waals surface area contributed by atoms with Gasteiger partial charge in [0.15, 0.2) is 10.9 Å². The molecule has 0 unspecified atom stereocenters. The van der Waals surface area contributed by atoms with Crippen molar-refractivity contribution in [1.29, 1.82) is 0 Å². The van der Waals surface area contributed by atoms with E-state index in [9.17, 15) is 4.79 Å². The van der Waals surface area contributed by atoms with Gasteiger partial charge >= 0.3 is 0 Å². The van der Waals surface area contributed by atoms with Gasteiger partial charge in [0.2, 0.25) is 0 Å². The number of morpholine rings is 1. The Morgan fingerprint density at radius 3 is 2.80 bits per heavy atom. The van der Waals surface area contributed by atoms with Gasteiger partial charge in [0.05, 0.1) is 19.8 Å². The monoisotopic (exact) mass is 488 g/mol. The van der Waals surface area contributed by atoms with Crippen LogP contribution in [-0.2, 0) is 11.2 Å². The molecule has 3 heterocycles. The maximum absolute atomic E-state index is 13.3. The Morgan fingerprint density at radius 2 is 2.00 bits per heavy atom. The number of hydrogen-bond acceptors (Lipinski definition) is 8. The van der Waals surface area contributed by atoms with E-state index in [0.717, 1.165) is 70.3 Å². The molecule has 1 fully saturated rings. The van der Waals surface area contributed by atoms with E-state index in [1.807, 2.05) is 56.4 Å². The van der Waals surface area contributed by atoms with Gasteiger partial charge in [-0.1, -0.05) is 29.5 Å². The molecule has 0 atom stereocenters. The second-order valence-electron chi connectivity index (χ2n) is 8.55. The standard InChI is InChI=1S/C27H28N4O3S/c1-3-34-25-15-21(31-8-10-33-11-9-31)7-6-19(25)14-24(32)18-5-4-17(2)22(12-18)20-13-23-26(29-16-20)35-27(28)30-23/h4-7,12-13,15-16H,3,8-11,14H2,1-2H3,(H2,28,30). The molecule has 0 amide bonds. The zero-order valence-corrected chi connectivity index (χ0v) is 20.7. The molecule has 35 heavy (non-hydrogen) atoms. The van der Waals surface area contributed by atoms with E-state index >= 15 is 0 Å². The molecular weight excluding hydrogens is 460 g/mol. The Bertz CT molecular complexity index is 1380. The minimum absolute atomic E-state index is 0.0401. The number of nitrogens with two attached hydrogens (primary N) is 1. The first-order valence-electron chi connectivity index (χ1n) is 11.8. The summed E-state index contributed by atoms with van der Waals surface area (Å²) in [7, 11) is 0. The Kier molecular flexibility index (Phi) is 6.66. The number of fused-ring (bicyclic) bond motifs is 1. The number of carbonyl (C=O) groups excluding carboxylic acids is 1. The lowest BCUT2D eigenvalue weighted by atomic mass is 9.95. The molecule has 2 aromatic carbocycles. The van der Waals surface area contributed by atoms with Crippen LogP contribution in [0.2, 0.25) is 0 Å². The smallest absolute Gasteiger partial charge is 0.182 e. The van der Waals surface area contributed by atoms with Gasteiger partial charge in [-0.25, -0.2) is 9.97 Å². The van der Waals surface area contributed by atoms with E-state index < -0.39 is 0 Å². The van der Waals surface area contributed by atoms with Crippen LogP contribution in [-0.4, -0.2) is 48.7 Å². The van der Waals surface area contributed by atoms with E-state index in [4.69, 9.17) is 15.2 Å². The largest absolute Gasteiger partial charge is 0.494 e. The summed E-state index contributed by atoms with van der Waals surface area (Å²) in [5.41, 5.74) is 12.2. The zero-order chi connectivity index (χ0) is 24.4. The predicted octanol–water partition coefficient (Wildman–Crippen LogP) is 4.91. The van der Waals surface area contributed by atoms with Crippen molar-refractivity contribution in [3.63, 3.8) is 0 Å². The van der Waals surface area contributed by atoms with Crippen LogP contribution in [0.1, 0.15) is 28.4 Å². The lowest BCUT2D eigenvalue weighted by molar-refractivity contribution is 0.0992. The number of anilines is 2. The van der Waals surface area contributed by atoms with Crippen molar-refractivity contribution < 1.29 is 14.3 Å². The number of benzene rings is 2. The fourth-order valence-corrected chi connectivity index (χ4v) is 5.02. The molecule has 7 nitrogen and oxygen atoms in total. The van der Waals surface area contributed by atoms with Crippen molar-refractivity contribution in [2.75, 3.05) is 43.5 Å². The Balaban J connectivity index is 1.41. The molecule has 180 valence electrons. The van der Waals surface area contributed by atoms with Gasteiger partial charge in [-0.15, -0.1) is 0 Å². The van der Waals surface area contributed by atoms with Crippen LogP contribution < -0.4 is 15.4 Å². The molecule has 1 saturated heterocycles. The number of ether oxygens (including phenoxy) is 2.